The minimum atomic E-state index is -0.836. The Hall–Kier alpha value is -3.13. The Labute approximate surface area is 183 Å². The second-order valence-electron chi connectivity index (χ2n) is 8.99. The van der Waals surface area contributed by atoms with E-state index in [2.05, 4.69) is 15.1 Å². The lowest BCUT2D eigenvalue weighted by Crippen LogP contribution is -2.45. The number of aromatic amines is 1. The number of rotatable bonds is 3. The van der Waals surface area contributed by atoms with Gasteiger partial charge < -0.3 is 4.90 Å². The molecule has 166 valence electrons. The first-order valence-electron chi connectivity index (χ1n) is 10.9. The Morgan fingerprint density at radius 2 is 1.84 bits per heavy atom. The van der Waals surface area contributed by atoms with Crippen LogP contribution in [0.5, 0.6) is 0 Å². The van der Waals surface area contributed by atoms with Gasteiger partial charge >= 0.3 is 0 Å². The summed E-state index contributed by atoms with van der Waals surface area (Å²) in [7, 11) is 0. The van der Waals surface area contributed by atoms with Crippen LogP contribution in [0.15, 0.2) is 47.3 Å². The summed E-state index contributed by atoms with van der Waals surface area (Å²) >= 11 is 0. The number of benzene rings is 2. The van der Waals surface area contributed by atoms with Crippen molar-refractivity contribution < 1.29 is 13.6 Å². The number of H-pyrrole nitrogens is 1. The van der Waals surface area contributed by atoms with Gasteiger partial charge in [-0.2, -0.15) is 5.10 Å². The summed E-state index contributed by atoms with van der Waals surface area (Å²) in [5.41, 5.74) is 0.683. The Morgan fingerprint density at radius 1 is 1.03 bits per heavy atom. The van der Waals surface area contributed by atoms with Gasteiger partial charge in [0.05, 0.1) is 5.39 Å². The molecule has 1 N–H and O–H groups in total. The van der Waals surface area contributed by atoms with Crippen molar-refractivity contribution in [2.24, 2.45) is 5.41 Å². The molecule has 1 atom stereocenters. The molecule has 1 amide bonds. The summed E-state index contributed by atoms with van der Waals surface area (Å²) in [6, 6.07) is 11.0. The first-order valence-corrected chi connectivity index (χ1v) is 10.9. The highest BCUT2D eigenvalue weighted by atomic mass is 19.2. The third-order valence-corrected chi connectivity index (χ3v) is 6.75. The predicted octanol–water partition coefficient (Wildman–Crippen LogP) is 3.33. The van der Waals surface area contributed by atoms with Crippen LogP contribution in [0.3, 0.4) is 0 Å². The second kappa shape index (κ2) is 8.09. The van der Waals surface area contributed by atoms with Crippen molar-refractivity contribution in [1.29, 1.82) is 0 Å². The molecule has 6 nitrogen and oxygen atoms in total. The van der Waals surface area contributed by atoms with Crippen molar-refractivity contribution in [3.05, 3.63) is 75.7 Å². The van der Waals surface area contributed by atoms with Crippen LogP contribution in [0, 0.1) is 17.0 Å². The fourth-order valence-corrected chi connectivity index (χ4v) is 5.21. The van der Waals surface area contributed by atoms with E-state index in [1.165, 1.54) is 12.1 Å². The maximum Gasteiger partial charge on any atom is 0.274 e. The highest BCUT2D eigenvalue weighted by Gasteiger charge is 2.43. The molecule has 0 radical (unpaired) electrons. The molecule has 0 saturated carbocycles. The molecule has 8 heteroatoms. The van der Waals surface area contributed by atoms with Gasteiger partial charge in [0, 0.05) is 37.0 Å². The number of hydrogen-bond acceptors (Lipinski definition) is 4. The Morgan fingerprint density at radius 3 is 2.66 bits per heavy atom. The van der Waals surface area contributed by atoms with Crippen LogP contribution in [0.4, 0.5) is 8.78 Å². The number of amides is 1. The molecule has 3 heterocycles. The van der Waals surface area contributed by atoms with Gasteiger partial charge in [0.2, 0.25) is 0 Å². The van der Waals surface area contributed by atoms with E-state index in [0.717, 1.165) is 37.9 Å². The molecule has 2 aliphatic rings. The number of piperidine rings is 1. The Kier molecular flexibility index (Phi) is 5.25. The smallest absolute Gasteiger partial charge is 0.274 e. The molecule has 0 unspecified atom stereocenters. The third kappa shape index (κ3) is 3.79. The summed E-state index contributed by atoms with van der Waals surface area (Å²) < 4.78 is 26.8. The zero-order valence-electron chi connectivity index (χ0n) is 17.6. The minimum Gasteiger partial charge on any atom is -0.337 e. The van der Waals surface area contributed by atoms with Crippen molar-refractivity contribution in [1.82, 2.24) is 20.0 Å². The maximum atomic E-state index is 13.6. The molecular weight excluding hydrogens is 414 g/mol. The topological polar surface area (TPSA) is 69.3 Å². The lowest BCUT2D eigenvalue weighted by atomic mass is 9.79. The van der Waals surface area contributed by atoms with E-state index in [4.69, 9.17) is 0 Å². The predicted molar refractivity (Wildman–Crippen MR) is 116 cm³/mol. The number of carbonyl (C=O) groups excluding carboxylic acids is 1. The highest BCUT2D eigenvalue weighted by Crippen LogP contribution is 2.40. The quantitative estimate of drug-likeness (QED) is 0.681. The number of nitrogens with zero attached hydrogens (tertiary/aromatic N) is 3. The van der Waals surface area contributed by atoms with Crippen molar-refractivity contribution in [3.8, 4) is 0 Å². The van der Waals surface area contributed by atoms with E-state index in [1.807, 2.05) is 4.90 Å². The highest BCUT2D eigenvalue weighted by molar-refractivity contribution is 6.04. The van der Waals surface area contributed by atoms with Crippen molar-refractivity contribution in [3.63, 3.8) is 0 Å². The molecule has 2 saturated heterocycles. The molecule has 0 bridgehead atoms. The number of carbonyl (C=O) groups is 1. The second-order valence-corrected chi connectivity index (χ2v) is 8.99. The van der Waals surface area contributed by atoms with Crippen LogP contribution in [0.25, 0.3) is 10.8 Å². The SMILES string of the molecule is O=C(c1n[nH]c(=O)c2ccccc12)N1CC[C@@]2(CCCN(Cc3ccc(F)c(F)c3)C2)C1. The number of likely N-dealkylation sites (tertiary alicyclic amines) is 2. The summed E-state index contributed by atoms with van der Waals surface area (Å²) in [5, 5.41) is 7.52. The fraction of sp³-hybridized carbons (Fsp3) is 0.375. The average Bonchev–Trinajstić information content (AvgIpc) is 3.19. The molecule has 1 aromatic heterocycles. The van der Waals surface area contributed by atoms with Gasteiger partial charge in [0.15, 0.2) is 17.3 Å². The summed E-state index contributed by atoms with van der Waals surface area (Å²) in [5.74, 6) is -1.84. The lowest BCUT2D eigenvalue weighted by Gasteiger charge is -2.40. The van der Waals surface area contributed by atoms with Gasteiger partial charge in [-0.1, -0.05) is 24.3 Å². The molecule has 5 rings (SSSR count). The van der Waals surface area contributed by atoms with Gasteiger partial charge in [0.1, 0.15) is 0 Å². The van der Waals surface area contributed by atoms with Crippen LogP contribution in [-0.4, -0.2) is 52.1 Å². The zero-order chi connectivity index (χ0) is 22.3. The summed E-state index contributed by atoms with van der Waals surface area (Å²) in [6.45, 7) is 3.50. The van der Waals surface area contributed by atoms with Crippen LogP contribution in [-0.2, 0) is 6.54 Å². The van der Waals surface area contributed by atoms with E-state index < -0.39 is 11.6 Å². The first-order chi connectivity index (χ1) is 15.4. The van der Waals surface area contributed by atoms with Gasteiger partial charge in [-0.05, 0) is 49.6 Å². The van der Waals surface area contributed by atoms with E-state index in [1.54, 1.807) is 30.3 Å². The maximum absolute atomic E-state index is 13.6. The van der Waals surface area contributed by atoms with Crippen molar-refractivity contribution in [2.45, 2.75) is 25.8 Å². The molecular formula is C24H24F2N4O2. The van der Waals surface area contributed by atoms with E-state index >= 15 is 0 Å². The Balaban J connectivity index is 1.32. The number of aromatic nitrogens is 2. The third-order valence-electron chi connectivity index (χ3n) is 6.75. The largest absolute Gasteiger partial charge is 0.337 e. The van der Waals surface area contributed by atoms with Crippen molar-refractivity contribution >= 4 is 16.7 Å². The minimum absolute atomic E-state index is 0.0233. The Bertz CT molecular complexity index is 1240. The average molecular weight is 438 g/mol. The monoisotopic (exact) mass is 438 g/mol. The first kappa shape index (κ1) is 20.8. The van der Waals surface area contributed by atoms with Crippen LogP contribution >= 0.6 is 0 Å². The van der Waals surface area contributed by atoms with Gasteiger partial charge in [-0.15, -0.1) is 0 Å². The van der Waals surface area contributed by atoms with E-state index in [9.17, 15) is 18.4 Å². The van der Waals surface area contributed by atoms with Crippen molar-refractivity contribution in [2.75, 3.05) is 26.2 Å². The van der Waals surface area contributed by atoms with E-state index in [0.29, 0.717) is 30.4 Å². The van der Waals surface area contributed by atoms with Crippen LogP contribution in [0.2, 0.25) is 0 Å². The number of halogens is 2. The molecule has 3 aromatic rings. The number of hydrogen-bond donors (Lipinski definition) is 1. The molecule has 2 aromatic carbocycles. The normalized spacial score (nSPS) is 21.5. The van der Waals surface area contributed by atoms with Gasteiger partial charge in [-0.3, -0.25) is 14.5 Å². The summed E-state index contributed by atoms with van der Waals surface area (Å²) in [6.07, 6.45) is 2.89. The number of nitrogens with one attached hydrogen (secondary N) is 1. The zero-order valence-corrected chi connectivity index (χ0v) is 17.6. The number of fused-ring (bicyclic) bond motifs is 1. The van der Waals surface area contributed by atoms with Gasteiger partial charge in [-0.25, -0.2) is 13.9 Å². The van der Waals surface area contributed by atoms with Crippen LogP contribution < -0.4 is 5.56 Å². The van der Waals surface area contributed by atoms with Crippen LogP contribution in [0.1, 0.15) is 35.3 Å². The molecule has 2 fully saturated rings. The standard InChI is InChI=1S/C24H24F2N4O2/c25-19-7-6-16(12-20(19)26)13-29-10-3-8-24(14-29)9-11-30(15-24)23(32)21-17-4-1-2-5-18(17)22(31)28-27-21/h1-2,4-7,12H,3,8-11,13-15H2,(H,28,31)/t24-/m1/s1. The molecule has 2 aliphatic heterocycles. The fourth-order valence-electron chi connectivity index (χ4n) is 5.21. The van der Waals surface area contributed by atoms with E-state index in [-0.39, 0.29) is 22.6 Å². The summed E-state index contributed by atoms with van der Waals surface area (Å²) in [4.78, 5) is 29.4. The lowest BCUT2D eigenvalue weighted by molar-refractivity contribution is 0.0671. The molecule has 32 heavy (non-hydrogen) atoms. The van der Waals surface area contributed by atoms with Gasteiger partial charge in [0.25, 0.3) is 11.5 Å². The molecule has 0 aliphatic carbocycles. The molecule has 1 spiro atoms.